The molecular weight excluding hydrogens is 434 g/mol. The van der Waals surface area contributed by atoms with E-state index in [9.17, 15) is 14.7 Å². The minimum absolute atomic E-state index is 0.00813. The molecule has 1 amide bonds. The molecule has 2 aliphatic rings. The highest BCUT2D eigenvalue weighted by Gasteiger charge is 2.50. The number of carbonyl (C=O) groups excluding carboxylic acids is 1. The summed E-state index contributed by atoms with van der Waals surface area (Å²) in [6.45, 7) is 1.44. The average Bonchev–Trinajstić information content (AvgIpc) is 3.13. The predicted molar refractivity (Wildman–Crippen MR) is 127 cm³/mol. The van der Waals surface area contributed by atoms with E-state index in [0.717, 1.165) is 35.2 Å². The van der Waals surface area contributed by atoms with Gasteiger partial charge in [0.25, 0.3) is 0 Å². The van der Waals surface area contributed by atoms with E-state index in [4.69, 9.17) is 10.3 Å². The zero-order valence-electron chi connectivity index (χ0n) is 19.5. The van der Waals surface area contributed by atoms with Crippen LogP contribution in [0.1, 0.15) is 29.9 Å². The molecule has 178 valence electrons. The fraction of sp³-hybridized carbons (Fsp3) is 0.440. The molecule has 0 radical (unpaired) electrons. The molecular formula is C25H30N5O4+. The SMILES string of the molecule is C[N+]1(C)CCC[C@@](CN=[N+]=[N-])([C@@H](NC(=O)OCC2c3ccccc3-c3ccccc32)C(=O)O)C1. The van der Waals surface area contributed by atoms with Crippen LogP contribution >= 0.6 is 0 Å². The lowest BCUT2D eigenvalue weighted by molar-refractivity contribution is -0.902. The van der Waals surface area contributed by atoms with E-state index in [1.54, 1.807) is 0 Å². The van der Waals surface area contributed by atoms with Crippen LogP contribution in [0.3, 0.4) is 0 Å². The highest BCUT2D eigenvalue weighted by Crippen LogP contribution is 2.44. The molecule has 1 saturated heterocycles. The van der Waals surface area contributed by atoms with E-state index < -0.39 is 23.5 Å². The number of carboxylic acid groups (broad SMARTS) is 1. The molecule has 2 aromatic carbocycles. The van der Waals surface area contributed by atoms with Gasteiger partial charge in [-0.2, -0.15) is 0 Å². The van der Waals surface area contributed by atoms with Gasteiger partial charge in [-0.25, -0.2) is 9.59 Å². The van der Waals surface area contributed by atoms with Crippen molar-refractivity contribution in [2.24, 2.45) is 10.5 Å². The standard InChI is InChI=1S/C25H29N5O4/c1-30(2)13-7-12-25(16-30,15-27-29-26)22(23(31)32)28-24(33)34-14-21-19-10-5-3-8-17(19)18-9-4-6-11-20(18)21/h3-6,8-11,21-22H,7,12-16H2,1-2H3,(H-,28,31,32,33)/p+1/t22-,25-/m0/s1. The van der Waals surface area contributed by atoms with Crippen LogP contribution in [-0.4, -0.2) is 68.0 Å². The van der Waals surface area contributed by atoms with Gasteiger partial charge in [-0.1, -0.05) is 53.6 Å². The molecule has 0 saturated carbocycles. The first kappa shape index (κ1) is 23.6. The Morgan fingerprint density at radius 3 is 2.38 bits per heavy atom. The number of aliphatic carboxylic acids is 1. The molecule has 0 bridgehead atoms. The molecule has 0 spiro atoms. The van der Waals surface area contributed by atoms with Gasteiger partial charge < -0.3 is 19.6 Å². The van der Waals surface area contributed by atoms with Crippen molar-refractivity contribution in [1.29, 1.82) is 0 Å². The van der Waals surface area contributed by atoms with E-state index >= 15 is 0 Å². The first-order valence-corrected chi connectivity index (χ1v) is 11.4. The maximum absolute atomic E-state index is 12.9. The van der Waals surface area contributed by atoms with Gasteiger partial charge >= 0.3 is 12.1 Å². The van der Waals surface area contributed by atoms with Crippen LogP contribution < -0.4 is 5.32 Å². The fourth-order valence-corrected chi connectivity index (χ4v) is 5.73. The Hall–Kier alpha value is -3.55. The van der Waals surface area contributed by atoms with Crippen LogP contribution in [0, 0.1) is 5.41 Å². The number of amides is 1. The highest BCUT2D eigenvalue weighted by atomic mass is 16.5. The zero-order chi connectivity index (χ0) is 24.3. The summed E-state index contributed by atoms with van der Waals surface area (Å²) in [6.07, 6.45) is 0.517. The Bertz CT molecular complexity index is 1100. The number of likely N-dealkylation sites (tertiary alicyclic amines) is 1. The molecule has 2 N–H and O–H groups in total. The van der Waals surface area contributed by atoms with Gasteiger partial charge in [-0.05, 0) is 40.6 Å². The summed E-state index contributed by atoms with van der Waals surface area (Å²) in [6, 6.07) is 14.8. The quantitative estimate of drug-likeness (QED) is 0.276. The maximum Gasteiger partial charge on any atom is 0.407 e. The topological polar surface area (TPSA) is 124 Å². The van der Waals surface area contributed by atoms with Crippen LogP contribution in [-0.2, 0) is 9.53 Å². The molecule has 34 heavy (non-hydrogen) atoms. The third-order valence-corrected chi connectivity index (χ3v) is 7.10. The zero-order valence-corrected chi connectivity index (χ0v) is 19.5. The Labute approximate surface area is 198 Å². The second-order valence-electron chi connectivity index (χ2n) is 9.91. The van der Waals surface area contributed by atoms with E-state index in [-0.39, 0.29) is 19.1 Å². The van der Waals surface area contributed by atoms with Crippen molar-refractivity contribution in [1.82, 2.24) is 5.32 Å². The van der Waals surface area contributed by atoms with Gasteiger partial charge in [0.05, 0.1) is 32.6 Å². The number of carbonyl (C=O) groups is 2. The molecule has 1 aliphatic heterocycles. The number of piperidine rings is 1. The fourth-order valence-electron chi connectivity index (χ4n) is 5.73. The summed E-state index contributed by atoms with van der Waals surface area (Å²) in [4.78, 5) is 28.0. The van der Waals surface area contributed by atoms with Gasteiger partial charge in [0.2, 0.25) is 0 Å². The number of hydrogen-bond donors (Lipinski definition) is 2. The first-order valence-electron chi connectivity index (χ1n) is 11.4. The normalized spacial score (nSPS) is 21.5. The Kier molecular flexibility index (Phi) is 6.50. The molecule has 9 nitrogen and oxygen atoms in total. The van der Waals surface area contributed by atoms with E-state index in [2.05, 4.69) is 27.5 Å². The van der Waals surface area contributed by atoms with Gasteiger partial charge in [0.15, 0.2) is 0 Å². The summed E-state index contributed by atoms with van der Waals surface area (Å²) >= 11 is 0. The number of hydrogen-bond acceptors (Lipinski definition) is 4. The van der Waals surface area contributed by atoms with Gasteiger partial charge in [-0.15, -0.1) is 0 Å². The first-order chi connectivity index (χ1) is 16.3. The molecule has 0 unspecified atom stereocenters. The smallest absolute Gasteiger partial charge is 0.407 e. The van der Waals surface area contributed by atoms with Crippen LogP contribution in [0.25, 0.3) is 21.6 Å². The van der Waals surface area contributed by atoms with Crippen molar-refractivity contribution < 1.29 is 23.9 Å². The van der Waals surface area contributed by atoms with Crippen LogP contribution in [0.15, 0.2) is 53.6 Å². The second-order valence-corrected chi connectivity index (χ2v) is 9.91. The van der Waals surface area contributed by atoms with Crippen molar-refractivity contribution in [3.05, 3.63) is 70.1 Å². The lowest BCUT2D eigenvalue weighted by Crippen LogP contribution is -2.64. The number of ether oxygens (including phenoxy) is 1. The van der Waals surface area contributed by atoms with Crippen LogP contribution in [0.4, 0.5) is 4.79 Å². The van der Waals surface area contributed by atoms with Crippen LogP contribution in [0.2, 0.25) is 0 Å². The third-order valence-electron chi connectivity index (χ3n) is 7.10. The molecule has 2 aromatic rings. The van der Waals surface area contributed by atoms with Crippen molar-refractivity contribution in [2.45, 2.75) is 24.8 Å². The monoisotopic (exact) mass is 464 g/mol. The highest BCUT2D eigenvalue weighted by molar-refractivity contribution is 5.81. The van der Waals surface area contributed by atoms with Crippen molar-refractivity contribution >= 4 is 12.1 Å². The number of fused-ring (bicyclic) bond motifs is 3. The number of carboxylic acids is 1. The molecule has 1 aliphatic carbocycles. The minimum Gasteiger partial charge on any atom is -0.480 e. The Morgan fingerprint density at radius 1 is 1.21 bits per heavy atom. The van der Waals surface area contributed by atoms with Gasteiger partial charge in [0, 0.05) is 17.4 Å². The average molecular weight is 465 g/mol. The van der Waals surface area contributed by atoms with E-state index in [1.165, 1.54) is 0 Å². The summed E-state index contributed by atoms with van der Waals surface area (Å²) in [7, 11) is 4.02. The van der Waals surface area contributed by atoms with E-state index in [0.29, 0.717) is 17.4 Å². The number of benzene rings is 2. The summed E-state index contributed by atoms with van der Waals surface area (Å²) in [5.74, 6) is -1.28. The molecule has 1 fully saturated rings. The maximum atomic E-state index is 12.9. The Morgan fingerprint density at radius 2 is 1.82 bits per heavy atom. The van der Waals surface area contributed by atoms with Crippen LogP contribution in [0.5, 0.6) is 0 Å². The number of alkyl carbamates (subject to hydrolysis) is 1. The third kappa shape index (κ3) is 4.58. The number of azide groups is 1. The number of quaternary nitrogens is 1. The summed E-state index contributed by atoms with van der Waals surface area (Å²) in [5, 5.41) is 16.3. The minimum atomic E-state index is -1.23. The number of nitrogens with one attached hydrogen (secondary N) is 1. The number of nitrogens with zero attached hydrogens (tertiary/aromatic N) is 4. The summed E-state index contributed by atoms with van der Waals surface area (Å²) in [5.41, 5.74) is 12.4. The number of rotatable bonds is 7. The largest absolute Gasteiger partial charge is 0.480 e. The molecule has 1 heterocycles. The van der Waals surface area contributed by atoms with Crippen molar-refractivity contribution in [3.8, 4) is 11.1 Å². The molecule has 2 atom stereocenters. The van der Waals surface area contributed by atoms with Crippen molar-refractivity contribution in [3.63, 3.8) is 0 Å². The molecule has 4 rings (SSSR count). The van der Waals surface area contributed by atoms with Crippen molar-refractivity contribution in [2.75, 3.05) is 40.3 Å². The molecule has 0 aromatic heterocycles. The van der Waals surface area contributed by atoms with E-state index in [1.807, 2.05) is 50.5 Å². The van der Waals surface area contributed by atoms with Gasteiger partial charge in [-0.3, -0.25) is 0 Å². The predicted octanol–water partition coefficient (Wildman–Crippen LogP) is 4.15. The van der Waals surface area contributed by atoms with Gasteiger partial charge in [0.1, 0.15) is 12.6 Å². The lowest BCUT2D eigenvalue weighted by atomic mass is 9.73. The molecule has 9 heteroatoms. The Balaban J connectivity index is 1.52. The summed E-state index contributed by atoms with van der Waals surface area (Å²) < 4.78 is 6.17. The second kappa shape index (κ2) is 9.37. The lowest BCUT2D eigenvalue weighted by Gasteiger charge is -2.47.